The fourth-order valence-electron chi connectivity index (χ4n) is 1.69. The van der Waals surface area contributed by atoms with Crippen LogP contribution in [0.15, 0.2) is 24.3 Å². The second-order valence-corrected chi connectivity index (χ2v) is 4.21. The first-order valence-electron chi connectivity index (χ1n) is 5.32. The van der Waals surface area contributed by atoms with Crippen LogP contribution in [0.4, 0.5) is 0 Å². The zero-order valence-corrected chi connectivity index (χ0v) is 10.3. The van der Waals surface area contributed by atoms with Crippen LogP contribution < -0.4 is 10.1 Å². The van der Waals surface area contributed by atoms with Gasteiger partial charge in [-0.05, 0) is 19.9 Å². The summed E-state index contributed by atoms with van der Waals surface area (Å²) in [6.45, 7) is 3.75. The summed E-state index contributed by atoms with van der Waals surface area (Å²) in [7, 11) is 1.59. The van der Waals surface area contributed by atoms with Gasteiger partial charge in [0.25, 0.3) is 0 Å². The Hall–Kier alpha value is -2.02. The van der Waals surface area contributed by atoms with Crippen molar-refractivity contribution in [2.75, 3.05) is 7.11 Å². The van der Waals surface area contributed by atoms with Gasteiger partial charge in [-0.2, -0.15) is 5.26 Å². The number of nitriles is 1. The molecule has 0 aliphatic heterocycles. The Morgan fingerprint density at radius 2 is 2.12 bits per heavy atom. The number of rotatable bonds is 4. The molecule has 0 saturated heterocycles. The van der Waals surface area contributed by atoms with Gasteiger partial charge in [-0.3, -0.25) is 4.79 Å². The summed E-state index contributed by atoms with van der Waals surface area (Å²) in [4.78, 5) is 11.5. The van der Waals surface area contributed by atoms with Gasteiger partial charge in [-0.25, -0.2) is 0 Å². The van der Waals surface area contributed by atoms with E-state index in [2.05, 4.69) is 5.32 Å². The van der Waals surface area contributed by atoms with Crippen LogP contribution in [-0.4, -0.2) is 13.0 Å². The van der Waals surface area contributed by atoms with Gasteiger partial charge in [-0.1, -0.05) is 18.2 Å². The minimum absolute atomic E-state index is 0.140. The summed E-state index contributed by atoms with van der Waals surface area (Å²) in [6, 6.07) is 9.32. The molecule has 1 N–H and O–H groups in total. The van der Waals surface area contributed by atoms with Gasteiger partial charge in [0.1, 0.15) is 12.2 Å². The van der Waals surface area contributed by atoms with Crippen LogP contribution in [0.3, 0.4) is 0 Å². The minimum atomic E-state index is -0.569. The molecule has 0 aliphatic carbocycles. The number of hydrogen-bond donors (Lipinski definition) is 1. The number of methoxy groups -OCH3 is 1. The molecule has 0 aliphatic rings. The van der Waals surface area contributed by atoms with Crippen LogP contribution in [0.1, 0.15) is 25.8 Å². The number of nitrogens with one attached hydrogen (secondary N) is 1. The highest BCUT2D eigenvalue weighted by molar-refractivity contribution is 5.79. The van der Waals surface area contributed by atoms with E-state index in [1.165, 1.54) is 0 Å². The Labute approximate surface area is 101 Å². The Kier molecular flexibility index (Phi) is 4.11. The number of ether oxygens (including phenoxy) is 1. The third-order valence-electron chi connectivity index (χ3n) is 2.47. The number of carbonyl (C=O) groups is 1. The second-order valence-electron chi connectivity index (χ2n) is 4.21. The molecule has 4 heteroatoms. The molecule has 0 aromatic heterocycles. The van der Waals surface area contributed by atoms with E-state index in [0.29, 0.717) is 0 Å². The molecule has 1 rings (SSSR count). The fourth-order valence-corrected chi connectivity index (χ4v) is 1.69. The molecule has 90 valence electrons. The molecule has 4 nitrogen and oxygen atoms in total. The van der Waals surface area contributed by atoms with Crippen molar-refractivity contribution in [3.8, 4) is 11.8 Å². The summed E-state index contributed by atoms with van der Waals surface area (Å²) in [6.07, 6.45) is -0.140. The molecular formula is C13H16N2O2. The average molecular weight is 232 g/mol. The standard InChI is InChI=1S/C13H16N2O2/c1-13(2,15-12(16)8-9-14)10-6-4-5-7-11(10)17-3/h4-7H,8H2,1-3H3,(H,15,16). The molecule has 0 atom stereocenters. The largest absolute Gasteiger partial charge is 0.496 e. The maximum Gasteiger partial charge on any atom is 0.234 e. The minimum Gasteiger partial charge on any atom is -0.496 e. The zero-order chi connectivity index (χ0) is 12.9. The number of carbonyl (C=O) groups excluding carboxylic acids is 1. The maximum atomic E-state index is 11.5. The Morgan fingerprint density at radius 1 is 1.47 bits per heavy atom. The average Bonchev–Trinajstić information content (AvgIpc) is 2.28. The topological polar surface area (TPSA) is 62.1 Å². The molecule has 0 heterocycles. The zero-order valence-electron chi connectivity index (χ0n) is 10.3. The lowest BCUT2D eigenvalue weighted by Crippen LogP contribution is -2.41. The first kappa shape index (κ1) is 13.0. The van der Waals surface area contributed by atoms with Crippen LogP contribution >= 0.6 is 0 Å². The van der Waals surface area contributed by atoms with Crippen molar-refractivity contribution in [1.82, 2.24) is 5.32 Å². The molecule has 0 fully saturated rings. The SMILES string of the molecule is COc1ccccc1C(C)(C)NC(=O)CC#N. The van der Waals surface area contributed by atoms with Crippen molar-refractivity contribution < 1.29 is 9.53 Å². The highest BCUT2D eigenvalue weighted by Gasteiger charge is 2.25. The molecule has 1 aromatic rings. The van der Waals surface area contributed by atoms with Crippen LogP contribution in [0.25, 0.3) is 0 Å². The van der Waals surface area contributed by atoms with Crippen LogP contribution in [0, 0.1) is 11.3 Å². The van der Waals surface area contributed by atoms with Crippen LogP contribution in [0.2, 0.25) is 0 Å². The lowest BCUT2D eigenvalue weighted by Gasteiger charge is -2.28. The van der Waals surface area contributed by atoms with Crippen molar-refractivity contribution in [3.05, 3.63) is 29.8 Å². The van der Waals surface area contributed by atoms with E-state index in [4.69, 9.17) is 10.00 Å². The predicted octanol–water partition coefficient (Wildman–Crippen LogP) is 1.96. The summed E-state index contributed by atoms with van der Waals surface area (Å²) in [5.74, 6) is 0.429. The van der Waals surface area contributed by atoms with E-state index in [1.807, 2.05) is 44.2 Å². The van der Waals surface area contributed by atoms with Gasteiger partial charge in [0.15, 0.2) is 0 Å². The summed E-state index contributed by atoms with van der Waals surface area (Å²) < 4.78 is 5.26. The Balaban J connectivity index is 2.96. The summed E-state index contributed by atoms with van der Waals surface area (Å²) in [5.41, 5.74) is 0.314. The molecule has 17 heavy (non-hydrogen) atoms. The van der Waals surface area contributed by atoms with E-state index in [1.54, 1.807) is 7.11 Å². The number of para-hydroxylation sites is 1. The number of amides is 1. The summed E-state index contributed by atoms with van der Waals surface area (Å²) in [5, 5.41) is 11.3. The molecule has 0 unspecified atom stereocenters. The van der Waals surface area contributed by atoms with Gasteiger partial charge < -0.3 is 10.1 Å². The molecule has 1 amide bonds. The normalized spacial score (nSPS) is 10.5. The first-order chi connectivity index (χ1) is 8.01. The molecule has 1 aromatic carbocycles. The van der Waals surface area contributed by atoms with Crippen LogP contribution in [0.5, 0.6) is 5.75 Å². The lowest BCUT2D eigenvalue weighted by atomic mass is 9.93. The quantitative estimate of drug-likeness (QED) is 0.863. The van der Waals surface area contributed by atoms with E-state index in [0.717, 1.165) is 11.3 Å². The van der Waals surface area contributed by atoms with Crippen molar-refractivity contribution in [3.63, 3.8) is 0 Å². The van der Waals surface area contributed by atoms with Gasteiger partial charge >= 0.3 is 0 Å². The maximum absolute atomic E-state index is 11.5. The fraction of sp³-hybridized carbons (Fsp3) is 0.385. The lowest BCUT2D eigenvalue weighted by molar-refractivity contribution is -0.121. The van der Waals surface area contributed by atoms with Crippen molar-refractivity contribution >= 4 is 5.91 Å². The number of benzene rings is 1. The van der Waals surface area contributed by atoms with E-state index < -0.39 is 5.54 Å². The number of nitrogens with zero attached hydrogens (tertiary/aromatic N) is 1. The van der Waals surface area contributed by atoms with E-state index in [9.17, 15) is 4.79 Å². The monoisotopic (exact) mass is 232 g/mol. The van der Waals surface area contributed by atoms with Crippen LogP contribution in [-0.2, 0) is 10.3 Å². The van der Waals surface area contributed by atoms with Gasteiger partial charge in [0.05, 0.1) is 18.7 Å². The molecule has 0 spiro atoms. The second kappa shape index (κ2) is 5.35. The number of hydrogen-bond acceptors (Lipinski definition) is 3. The Morgan fingerprint density at radius 3 is 2.71 bits per heavy atom. The molecule has 0 bridgehead atoms. The van der Waals surface area contributed by atoms with E-state index >= 15 is 0 Å². The third kappa shape index (κ3) is 3.22. The van der Waals surface area contributed by atoms with E-state index in [-0.39, 0.29) is 12.3 Å². The van der Waals surface area contributed by atoms with Gasteiger partial charge in [-0.15, -0.1) is 0 Å². The van der Waals surface area contributed by atoms with Crippen molar-refractivity contribution in [2.24, 2.45) is 0 Å². The van der Waals surface area contributed by atoms with Crippen molar-refractivity contribution in [1.29, 1.82) is 5.26 Å². The predicted molar refractivity (Wildman–Crippen MR) is 64.4 cm³/mol. The third-order valence-corrected chi connectivity index (χ3v) is 2.47. The molecular weight excluding hydrogens is 216 g/mol. The smallest absolute Gasteiger partial charge is 0.234 e. The summed E-state index contributed by atoms with van der Waals surface area (Å²) >= 11 is 0. The highest BCUT2D eigenvalue weighted by atomic mass is 16.5. The Bertz CT molecular complexity index is 447. The molecule has 0 radical (unpaired) electrons. The first-order valence-corrected chi connectivity index (χ1v) is 5.32. The van der Waals surface area contributed by atoms with Gasteiger partial charge in [0.2, 0.25) is 5.91 Å². The highest BCUT2D eigenvalue weighted by Crippen LogP contribution is 2.29. The molecule has 0 saturated carbocycles. The van der Waals surface area contributed by atoms with Gasteiger partial charge in [0, 0.05) is 5.56 Å². The van der Waals surface area contributed by atoms with Crippen molar-refractivity contribution in [2.45, 2.75) is 25.8 Å².